The van der Waals surface area contributed by atoms with Crippen LogP contribution in [-0.4, -0.2) is 47.0 Å². The first-order valence-electron chi connectivity index (χ1n) is 9.54. The number of rotatable bonds is 5. The van der Waals surface area contributed by atoms with E-state index in [0.29, 0.717) is 24.1 Å². The van der Waals surface area contributed by atoms with Crippen molar-refractivity contribution in [1.82, 2.24) is 10.1 Å². The van der Waals surface area contributed by atoms with E-state index in [-0.39, 0.29) is 24.2 Å². The predicted octanol–water partition coefficient (Wildman–Crippen LogP) is 2.14. The van der Waals surface area contributed by atoms with E-state index in [1.54, 1.807) is 13.0 Å². The van der Waals surface area contributed by atoms with Crippen LogP contribution in [0.4, 0.5) is 5.82 Å². The molecule has 4 atom stereocenters. The van der Waals surface area contributed by atoms with E-state index in [1.807, 2.05) is 4.90 Å². The molecule has 8 nitrogen and oxygen atoms in total. The van der Waals surface area contributed by atoms with E-state index < -0.39 is 24.4 Å². The summed E-state index contributed by atoms with van der Waals surface area (Å²) < 4.78 is 9.96. The van der Waals surface area contributed by atoms with Crippen LogP contribution in [0, 0.1) is 24.7 Å². The van der Waals surface area contributed by atoms with Gasteiger partial charge < -0.3 is 19.5 Å². The highest BCUT2D eigenvalue weighted by Crippen LogP contribution is 2.35. The molecule has 2 amide bonds. The lowest BCUT2D eigenvalue weighted by Gasteiger charge is -2.39. The number of anilines is 1. The van der Waals surface area contributed by atoms with Crippen LogP contribution in [0.3, 0.4) is 0 Å². The number of carbonyl (C=O) groups excluding carboxylic acids is 3. The molecule has 1 aliphatic carbocycles. The summed E-state index contributed by atoms with van der Waals surface area (Å²) >= 11 is 0. The van der Waals surface area contributed by atoms with Gasteiger partial charge in [-0.1, -0.05) is 31.8 Å². The minimum atomic E-state index is -0.510. The number of likely N-dealkylation sites (tertiary alicyclic amines) is 1. The summed E-state index contributed by atoms with van der Waals surface area (Å²) in [5, 5.41) is 6.14. The Morgan fingerprint density at radius 1 is 1.37 bits per heavy atom. The summed E-state index contributed by atoms with van der Waals surface area (Å²) in [6.45, 7) is 6.08. The van der Waals surface area contributed by atoms with Gasteiger partial charge in [-0.15, -0.1) is 0 Å². The number of esters is 1. The Morgan fingerprint density at radius 3 is 2.85 bits per heavy atom. The van der Waals surface area contributed by atoms with Crippen molar-refractivity contribution in [2.24, 2.45) is 17.8 Å². The van der Waals surface area contributed by atoms with Crippen LogP contribution in [0.25, 0.3) is 0 Å². The van der Waals surface area contributed by atoms with Gasteiger partial charge in [-0.25, -0.2) is 0 Å². The number of nitrogens with zero attached hydrogens (tertiary/aromatic N) is 2. The monoisotopic (exact) mass is 377 g/mol. The van der Waals surface area contributed by atoms with Crippen molar-refractivity contribution in [3.05, 3.63) is 11.8 Å². The Morgan fingerprint density at radius 2 is 2.15 bits per heavy atom. The van der Waals surface area contributed by atoms with Gasteiger partial charge >= 0.3 is 5.97 Å². The first-order chi connectivity index (χ1) is 12.8. The molecule has 8 heteroatoms. The number of hydrogen-bond acceptors (Lipinski definition) is 6. The Labute approximate surface area is 158 Å². The number of nitrogens with one attached hydrogen (secondary N) is 1. The maximum absolute atomic E-state index is 12.4. The normalized spacial score (nSPS) is 28.3. The summed E-state index contributed by atoms with van der Waals surface area (Å²) in [5.41, 5.74) is 0. The van der Waals surface area contributed by atoms with E-state index in [4.69, 9.17) is 9.26 Å². The summed E-state index contributed by atoms with van der Waals surface area (Å²) in [5.74, 6) is 0.339. The van der Waals surface area contributed by atoms with E-state index in [1.165, 1.54) is 6.42 Å². The second-order valence-corrected chi connectivity index (χ2v) is 7.76. The van der Waals surface area contributed by atoms with Crippen LogP contribution in [0.5, 0.6) is 0 Å². The van der Waals surface area contributed by atoms with Crippen LogP contribution < -0.4 is 5.32 Å². The third-order valence-electron chi connectivity index (χ3n) is 5.80. The van der Waals surface area contributed by atoms with Gasteiger partial charge in [-0.05, 0) is 25.2 Å². The van der Waals surface area contributed by atoms with Crippen LogP contribution in [0.15, 0.2) is 10.6 Å². The van der Waals surface area contributed by atoms with Crippen LogP contribution in [-0.2, 0) is 19.1 Å². The largest absolute Gasteiger partial charge is 0.455 e. The number of ether oxygens (including phenoxy) is 1. The first-order valence-corrected chi connectivity index (χ1v) is 9.54. The maximum Gasteiger partial charge on any atom is 0.311 e. The molecule has 2 fully saturated rings. The lowest BCUT2D eigenvalue weighted by atomic mass is 9.77. The molecule has 0 spiro atoms. The molecule has 0 radical (unpaired) electrons. The lowest BCUT2D eigenvalue weighted by Crippen LogP contribution is -2.45. The molecule has 1 aromatic heterocycles. The molecule has 0 bridgehead atoms. The Hall–Kier alpha value is -2.38. The van der Waals surface area contributed by atoms with E-state index in [2.05, 4.69) is 24.3 Å². The zero-order valence-electron chi connectivity index (χ0n) is 16.1. The number of aromatic nitrogens is 1. The van der Waals surface area contributed by atoms with Gasteiger partial charge in [-0.2, -0.15) is 0 Å². The predicted molar refractivity (Wildman–Crippen MR) is 96.6 cm³/mol. The molecular weight excluding hydrogens is 350 g/mol. The highest BCUT2D eigenvalue weighted by molar-refractivity contribution is 5.93. The minimum absolute atomic E-state index is 0.00502. The highest BCUT2D eigenvalue weighted by Gasteiger charge is 2.42. The molecule has 1 aromatic rings. The summed E-state index contributed by atoms with van der Waals surface area (Å²) in [4.78, 5) is 38.5. The summed E-state index contributed by atoms with van der Waals surface area (Å²) in [6.07, 6.45) is 3.43. The van der Waals surface area contributed by atoms with Crippen LogP contribution in [0.1, 0.15) is 45.3 Å². The van der Waals surface area contributed by atoms with Gasteiger partial charge in [0.15, 0.2) is 12.4 Å². The van der Waals surface area contributed by atoms with Gasteiger partial charge in [0.2, 0.25) is 5.91 Å². The van der Waals surface area contributed by atoms with Gasteiger partial charge in [0.25, 0.3) is 5.91 Å². The molecule has 1 saturated heterocycles. The molecule has 1 aliphatic heterocycles. The Balaban J connectivity index is 1.49. The Kier molecular flexibility index (Phi) is 5.82. The number of amides is 2. The Bertz CT molecular complexity index is 716. The second kappa shape index (κ2) is 8.10. The third-order valence-corrected chi connectivity index (χ3v) is 5.80. The van der Waals surface area contributed by atoms with E-state index >= 15 is 0 Å². The van der Waals surface area contributed by atoms with Crippen molar-refractivity contribution in [3.63, 3.8) is 0 Å². The van der Waals surface area contributed by atoms with Crippen molar-refractivity contribution in [1.29, 1.82) is 0 Å². The fraction of sp³-hybridized carbons (Fsp3) is 0.684. The van der Waals surface area contributed by atoms with Crippen molar-refractivity contribution >= 4 is 23.6 Å². The maximum atomic E-state index is 12.4. The van der Waals surface area contributed by atoms with Crippen molar-refractivity contribution < 1.29 is 23.6 Å². The summed E-state index contributed by atoms with van der Waals surface area (Å²) in [6, 6.07) is 1.76. The van der Waals surface area contributed by atoms with Gasteiger partial charge in [0, 0.05) is 25.1 Å². The average Bonchev–Trinajstić information content (AvgIpc) is 3.21. The van der Waals surface area contributed by atoms with Gasteiger partial charge in [-0.3, -0.25) is 14.4 Å². The average molecular weight is 377 g/mol. The number of carbonyl (C=O) groups is 3. The fourth-order valence-corrected chi connectivity index (χ4v) is 4.06. The van der Waals surface area contributed by atoms with Crippen LogP contribution >= 0.6 is 0 Å². The lowest BCUT2D eigenvalue weighted by molar-refractivity contribution is -0.151. The van der Waals surface area contributed by atoms with E-state index in [0.717, 1.165) is 12.8 Å². The quantitative estimate of drug-likeness (QED) is 0.789. The standard InChI is InChI=1S/C19H27N3O5/c1-11-5-4-6-15(13(11)3)22-9-14(8-18(22)24)19(25)26-10-17(23)20-16-7-12(2)27-21-16/h7,11,13-15H,4-6,8-10H2,1-3H3,(H,20,21,23)/t11-,13-,14+,15+/m0/s1. The smallest absolute Gasteiger partial charge is 0.311 e. The molecule has 3 rings (SSSR count). The zero-order valence-corrected chi connectivity index (χ0v) is 16.1. The highest BCUT2D eigenvalue weighted by atomic mass is 16.5. The van der Waals surface area contributed by atoms with Crippen molar-refractivity contribution in [3.8, 4) is 0 Å². The topological polar surface area (TPSA) is 102 Å². The van der Waals surface area contributed by atoms with Crippen molar-refractivity contribution in [2.75, 3.05) is 18.5 Å². The first kappa shape index (κ1) is 19.4. The SMILES string of the molecule is Cc1cc(NC(=O)COC(=O)[C@@H]2CC(=O)N([C@@H]3CCC[C@H](C)[C@@H]3C)C2)no1. The van der Waals surface area contributed by atoms with Gasteiger partial charge in [0.1, 0.15) is 5.76 Å². The third kappa shape index (κ3) is 4.48. The van der Waals surface area contributed by atoms with Crippen molar-refractivity contribution in [2.45, 2.75) is 52.5 Å². The van der Waals surface area contributed by atoms with E-state index in [9.17, 15) is 14.4 Å². The molecule has 27 heavy (non-hydrogen) atoms. The molecule has 2 heterocycles. The second-order valence-electron chi connectivity index (χ2n) is 7.76. The number of aryl methyl sites for hydroxylation is 1. The van der Waals surface area contributed by atoms with Gasteiger partial charge in [0.05, 0.1) is 5.92 Å². The number of hydrogen-bond donors (Lipinski definition) is 1. The molecule has 2 aliphatic rings. The molecule has 1 N–H and O–H groups in total. The van der Waals surface area contributed by atoms with Crippen LogP contribution in [0.2, 0.25) is 0 Å². The molecule has 0 aromatic carbocycles. The molecule has 0 unspecified atom stereocenters. The molecule has 1 saturated carbocycles. The zero-order chi connectivity index (χ0) is 19.6. The summed E-state index contributed by atoms with van der Waals surface area (Å²) in [7, 11) is 0. The minimum Gasteiger partial charge on any atom is -0.455 e. The molecule has 148 valence electrons. The fourth-order valence-electron chi connectivity index (χ4n) is 4.06. The molecular formula is C19H27N3O5.